The van der Waals surface area contributed by atoms with Crippen LogP contribution in [-0.4, -0.2) is 16.1 Å². The number of aryl methyl sites for hydroxylation is 1. The summed E-state index contributed by atoms with van der Waals surface area (Å²) in [7, 11) is 0. The van der Waals surface area contributed by atoms with E-state index in [4.69, 9.17) is 0 Å². The summed E-state index contributed by atoms with van der Waals surface area (Å²) in [5, 5.41) is 3.56. The highest BCUT2D eigenvalue weighted by Crippen LogP contribution is 2.30. The Labute approximate surface area is 111 Å². The summed E-state index contributed by atoms with van der Waals surface area (Å²) in [4.78, 5) is 4.19. The molecule has 1 fully saturated rings. The number of hydrogen-bond acceptors (Lipinski definition) is 2. The third-order valence-electron chi connectivity index (χ3n) is 4.22. The Morgan fingerprint density at radius 3 is 3.11 bits per heavy atom. The molecule has 0 amide bonds. The van der Waals surface area contributed by atoms with Gasteiger partial charge in [-0.05, 0) is 38.1 Å². The number of aromatic nitrogens is 2. The number of imidazole rings is 1. The largest absolute Gasteiger partial charge is 0.334 e. The van der Waals surface area contributed by atoms with E-state index in [-0.39, 0.29) is 0 Å². The molecule has 1 aliphatic carbocycles. The summed E-state index contributed by atoms with van der Waals surface area (Å²) in [5.74, 6) is 1.91. The van der Waals surface area contributed by atoms with Crippen LogP contribution in [0.15, 0.2) is 12.5 Å². The van der Waals surface area contributed by atoms with Gasteiger partial charge in [0.2, 0.25) is 0 Å². The Balaban J connectivity index is 1.64. The monoisotopic (exact) mass is 249 g/mol. The van der Waals surface area contributed by atoms with E-state index in [0.29, 0.717) is 0 Å². The summed E-state index contributed by atoms with van der Waals surface area (Å²) in [6.07, 6.45) is 11.0. The molecule has 18 heavy (non-hydrogen) atoms. The van der Waals surface area contributed by atoms with Crippen LogP contribution in [0, 0.1) is 11.8 Å². The molecule has 0 saturated heterocycles. The highest BCUT2D eigenvalue weighted by atomic mass is 15.1. The zero-order valence-electron chi connectivity index (χ0n) is 11.9. The quantitative estimate of drug-likeness (QED) is 0.785. The Morgan fingerprint density at radius 1 is 1.44 bits per heavy atom. The normalized spacial score (nSPS) is 24.3. The van der Waals surface area contributed by atoms with Crippen molar-refractivity contribution in [3.05, 3.63) is 18.2 Å². The molecular formula is C15H27N3. The lowest BCUT2D eigenvalue weighted by Gasteiger charge is -2.26. The van der Waals surface area contributed by atoms with Crippen molar-refractivity contribution in [1.29, 1.82) is 0 Å². The van der Waals surface area contributed by atoms with Crippen molar-refractivity contribution in [3.63, 3.8) is 0 Å². The fraction of sp³-hybridized carbons (Fsp3) is 0.800. The van der Waals surface area contributed by atoms with Gasteiger partial charge in [-0.25, -0.2) is 4.98 Å². The van der Waals surface area contributed by atoms with Gasteiger partial charge in [0.05, 0.1) is 12.0 Å². The average Bonchev–Trinajstić information content (AvgIpc) is 2.82. The first-order valence-corrected chi connectivity index (χ1v) is 7.49. The molecule has 1 heterocycles. The molecule has 1 saturated carbocycles. The van der Waals surface area contributed by atoms with Crippen molar-refractivity contribution in [2.24, 2.45) is 11.8 Å². The van der Waals surface area contributed by atoms with E-state index in [0.717, 1.165) is 31.5 Å². The maximum atomic E-state index is 4.19. The maximum absolute atomic E-state index is 4.19. The number of nitrogens with zero attached hydrogens (tertiary/aromatic N) is 2. The van der Waals surface area contributed by atoms with Gasteiger partial charge in [0, 0.05) is 19.3 Å². The topological polar surface area (TPSA) is 29.9 Å². The second-order valence-corrected chi connectivity index (χ2v) is 5.77. The molecule has 3 heteroatoms. The lowest BCUT2D eigenvalue weighted by Crippen LogP contribution is -2.22. The van der Waals surface area contributed by atoms with E-state index >= 15 is 0 Å². The third-order valence-corrected chi connectivity index (χ3v) is 4.22. The molecule has 2 unspecified atom stereocenters. The van der Waals surface area contributed by atoms with E-state index < -0.39 is 0 Å². The van der Waals surface area contributed by atoms with Gasteiger partial charge in [0.25, 0.3) is 0 Å². The second-order valence-electron chi connectivity index (χ2n) is 5.77. The van der Waals surface area contributed by atoms with Gasteiger partial charge in [-0.3, -0.25) is 0 Å². The van der Waals surface area contributed by atoms with Gasteiger partial charge >= 0.3 is 0 Å². The molecule has 0 aromatic carbocycles. The minimum Gasteiger partial charge on any atom is -0.334 e. The average molecular weight is 249 g/mol. The Hall–Kier alpha value is -0.830. The van der Waals surface area contributed by atoms with Crippen molar-refractivity contribution >= 4 is 0 Å². The van der Waals surface area contributed by atoms with E-state index in [1.54, 1.807) is 0 Å². The molecule has 1 aromatic rings. The van der Waals surface area contributed by atoms with Gasteiger partial charge in [-0.1, -0.05) is 26.2 Å². The highest BCUT2D eigenvalue weighted by Gasteiger charge is 2.18. The van der Waals surface area contributed by atoms with E-state index in [9.17, 15) is 0 Å². The zero-order chi connectivity index (χ0) is 12.8. The fourth-order valence-corrected chi connectivity index (χ4v) is 3.12. The SMILES string of the molecule is CCn1cncc1CNCCC1CCCC(C)C1. The van der Waals surface area contributed by atoms with Crippen molar-refractivity contribution < 1.29 is 0 Å². The second kappa shape index (κ2) is 6.93. The van der Waals surface area contributed by atoms with Crippen LogP contribution in [0.2, 0.25) is 0 Å². The van der Waals surface area contributed by atoms with Gasteiger partial charge in [-0.2, -0.15) is 0 Å². The smallest absolute Gasteiger partial charge is 0.0948 e. The van der Waals surface area contributed by atoms with Crippen LogP contribution in [0.5, 0.6) is 0 Å². The summed E-state index contributed by atoms with van der Waals surface area (Å²) >= 11 is 0. The molecule has 0 spiro atoms. The van der Waals surface area contributed by atoms with Crippen LogP contribution >= 0.6 is 0 Å². The van der Waals surface area contributed by atoms with Crippen molar-refractivity contribution in [3.8, 4) is 0 Å². The van der Waals surface area contributed by atoms with Crippen molar-refractivity contribution in [1.82, 2.24) is 14.9 Å². The minimum absolute atomic E-state index is 0.949. The Morgan fingerprint density at radius 2 is 2.33 bits per heavy atom. The molecule has 2 rings (SSSR count). The van der Waals surface area contributed by atoms with Crippen molar-refractivity contribution in [2.75, 3.05) is 6.54 Å². The van der Waals surface area contributed by atoms with Crippen LogP contribution in [0.1, 0.15) is 51.6 Å². The van der Waals surface area contributed by atoms with Crippen LogP contribution < -0.4 is 5.32 Å². The molecule has 0 bridgehead atoms. The van der Waals surface area contributed by atoms with E-state index in [1.165, 1.54) is 37.8 Å². The van der Waals surface area contributed by atoms with Gasteiger partial charge < -0.3 is 9.88 Å². The number of nitrogens with one attached hydrogen (secondary N) is 1. The molecule has 0 radical (unpaired) electrons. The lowest BCUT2D eigenvalue weighted by atomic mass is 9.81. The predicted molar refractivity (Wildman–Crippen MR) is 75.3 cm³/mol. The summed E-state index contributed by atoms with van der Waals surface area (Å²) in [6, 6.07) is 0. The Kier molecular flexibility index (Phi) is 5.24. The van der Waals surface area contributed by atoms with Crippen molar-refractivity contribution in [2.45, 2.75) is 59.0 Å². The number of hydrogen-bond donors (Lipinski definition) is 1. The van der Waals surface area contributed by atoms with E-state index in [2.05, 4.69) is 28.7 Å². The molecule has 3 nitrogen and oxygen atoms in total. The van der Waals surface area contributed by atoms with Crippen LogP contribution in [0.25, 0.3) is 0 Å². The first kappa shape index (κ1) is 13.6. The zero-order valence-corrected chi connectivity index (χ0v) is 11.9. The first-order valence-electron chi connectivity index (χ1n) is 7.49. The maximum Gasteiger partial charge on any atom is 0.0948 e. The summed E-state index contributed by atoms with van der Waals surface area (Å²) in [5.41, 5.74) is 1.30. The van der Waals surface area contributed by atoms with Crippen LogP contribution in [0.3, 0.4) is 0 Å². The molecule has 1 aliphatic rings. The Bertz CT molecular complexity index is 345. The molecule has 0 aliphatic heterocycles. The molecule has 1 aromatic heterocycles. The van der Waals surface area contributed by atoms with Gasteiger partial charge in [-0.15, -0.1) is 0 Å². The first-order chi connectivity index (χ1) is 8.79. The van der Waals surface area contributed by atoms with E-state index in [1.807, 2.05) is 12.5 Å². The third kappa shape index (κ3) is 3.84. The van der Waals surface area contributed by atoms with Gasteiger partial charge in [0.15, 0.2) is 0 Å². The predicted octanol–water partition coefficient (Wildman–Crippen LogP) is 3.21. The summed E-state index contributed by atoms with van der Waals surface area (Å²) < 4.78 is 2.20. The molecule has 102 valence electrons. The standard InChI is InChI=1S/C15H27N3/c1-3-18-12-17-11-15(18)10-16-8-7-14-6-4-5-13(2)9-14/h11-14,16H,3-10H2,1-2H3. The highest BCUT2D eigenvalue weighted by molar-refractivity contribution is 4.97. The number of rotatable bonds is 6. The minimum atomic E-state index is 0.949. The lowest BCUT2D eigenvalue weighted by molar-refractivity contribution is 0.267. The fourth-order valence-electron chi connectivity index (χ4n) is 3.12. The van der Waals surface area contributed by atoms with Crippen LogP contribution in [-0.2, 0) is 13.1 Å². The molecule has 1 N–H and O–H groups in total. The van der Waals surface area contributed by atoms with Crippen LogP contribution in [0.4, 0.5) is 0 Å². The summed E-state index contributed by atoms with van der Waals surface area (Å²) in [6.45, 7) is 7.67. The van der Waals surface area contributed by atoms with Gasteiger partial charge in [0.1, 0.15) is 0 Å². The molecular weight excluding hydrogens is 222 g/mol. The molecule has 2 atom stereocenters.